The first kappa shape index (κ1) is 16.5. The monoisotopic (exact) mass is 324 g/mol. The van der Waals surface area contributed by atoms with Gasteiger partial charge in [0.05, 0.1) is 0 Å². The molecule has 4 heteroatoms. The summed E-state index contributed by atoms with van der Waals surface area (Å²) in [6.07, 6.45) is -0.433. The van der Waals surface area contributed by atoms with Crippen molar-refractivity contribution in [2.24, 2.45) is 5.73 Å². The molecule has 0 spiro atoms. The van der Waals surface area contributed by atoms with Crippen LogP contribution in [0, 0.1) is 0 Å². The van der Waals surface area contributed by atoms with E-state index in [9.17, 15) is 4.79 Å². The van der Waals surface area contributed by atoms with Gasteiger partial charge in [-0.3, -0.25) is 0 Å². The summed E-state index contributed by atoms with van der Waals surface area (Å²) in [6, 6.07) is 16.4. The average molecular weight is 324 g/mol. The van der Waals surface area contributed by atoms with Crippen molar-refractivity contribution in [3.8, 4) is 11.1 Å². The molecule has 0 heterocycles. The van der Waals surface area contributed by atoms with Gasteiger partial charge in [-0.25, -0.2) is 4.79 Å². The highest BCUT2D eigenvalue weighted by Gasteiger charge is 2.32. The molecule has 1 unspecified atom stereocenters. The van der Waals surface area contributed by atoms with Gasteiger partial charge in [0.25, 0.3) is 0 Å². The van der Waals surface area contributed by atoms with E-state index in [0.717, 1.165) is 0 Å². The van der Waals surface area contributed by atoms with Crippen LogP contribution in [0.1, 0.15) is 37.8 Å². The Hall–Kier alpha value is -2.33. The second kappa shape index (κ2) is 6.29. The van der Waals surface area contributed by atoms with Gasteiger partial charge >= 0.3 is 6.09 Å². The van der Waals surface area contributed by atoms with Crippen LogP contribution in [0.15, 0.2) is 48.5 Å². The number of carbonyl (C=O) groups is 1. The fraction of sp³-hybridized carbons (Fsp3) is 0.350. The lowest BCUT2D eigenvalue weighted by Crippen LogP contribution is -2.42. The SMILES string of the molecule is CC(C)(C)OC(=O)NCC(N)C1c2ccccc2-c2ccccc21. The summed E-state index contributed by atoms with van der Waals surface area (Å²) in [5.74, 6) is 0.0762. The Morgan fingerprint density at radius 1 is 1.08 bits per heavy atom. The lowest BCUT2D eigenvalue weighted by Gasteiger charge is -2.24. The number of fused-ring (bicyclic) bond motifs is 3. The largest absolute Gasteiger partial charge is 0.444 e. The lowest BCUT2D eigenvalue weighted by molar-refractivity contribution is 0.0524. The Bertz CT molecular complexity index is 704. The number of alkyl carbamates (subject to hydrolysis) is 1. The first-order valence-corrected chi connectivity index (χ1v) is 8.27. The van der Waals surface area contributed by atoms with Gasteiger partial charge in [-0.05, 0) is 43.0 Å². The smallest absolute Gasteiger partial charge is 0.407 e. The van der Waals surface area contributed by atoms with Crippen LogP contribution in [0.5, 0.6) is 0 Å². The number of amides is 1. The number of rotatable bonds is 3. The van der Waals surface area contributed by atoms with Crippen LogP contribution >= 0.6 is 0 Å². The minimum absolute atomic E-state index is 0.0762. The molecule has 1 atom stereocenters. The highest BCUT2D eigenvalue weighted by molar-refractivity contribution is 5.79. The fourth-order valence-electron chi connectivity index (χ4n) is 3.29. The second-order valence-corrected chi connectivity index (χ2v) is 7.20. The maximum absolute atomic E-state index is 11.9. The van der Waals surface area contributed by atoms with Crippen LogP contribution in [0.3, 0.4) is 0 Å². The Morgan fingerprint density at radius 2 is 1.58 bits per heavy atom. The van der Waals surface area contributed by atoms with Crippen molar-refractivity contribution in [2.45, 2.75) is 38.3 Å². The van der Waals surface area contributed by atoms with E-state index in [1.54, 1.807) is 0 Å². The molecule has 1 amide bonds. The number of hydrogen-bond acceptors (Lipinski definition) is 3. The third kappa shape index (κ3) is 3.29. The minimum Gasteiger partial charge on any atom is -0.444 e. The molecule has 24 heavy (non-hydrogen) atoms. The van der Waals surface area contributed by atoms with E-state index >= 15 is 0 Å². The zero-order valence-electron chi connectivity index (χ0n) is 14.4. The van der Waals surface area contributed by atoms with Gasteiger partial charge in [0.2, 0.25) is 0 Å². The van der Waals surface area contributed by atoms with Crippen LogP contribution in [0.2, 0.25) is 0 Å². The van der Waals surface area contributed by atoms with E-state index in [4.69, 9.17) is 10.5 Å². The van der Waals surface area contributed by atoms with Gasteiger partial charge < -0.3 is 15.8 Å². The summed E-state index contributed by atoms with van der Waals surface area (Å²) in [5, 5.41) is 2.79. The van der Waals surface area contributed by atoms with Gasteiger partial charge in [0, 0.05) is 18.5 Å². The van der Waals surface area contributed by atoms with Crippen molar-refractivity contribution in [1.82, 2.24) is 5.32 Å². The molecule has 3 N–H and O–H groups in total. The van der Waals surface area contributed by atoms with E-state index in [-0.39, 0.29) is 12.0 Å². The van der Waals surface area contributed by atoms with E-state index in [2.05, 4.69) is 29.6 Å². The van der Waals surface area contributed by atoms with Crippen LogP contribution in [0.25, 0.3) is 11.1 Å². The van der Waals surface area contributed by atoms with Gasteiger partial charge in [-0.1, -0.05) is 48.5 Å². The Morgan fingerprint density at radius 3 is 2.08 bits per heavy atom. The van der Waals surface area contributed by atoms with E-state index in [1.165, 1.54) is 22.3 Å². The van der Waals surface area contributed by atoms with Crippen molar-refractivity contribution in [3.05, 3.63) is 59.7 Å². The fourth-order valence-corrected chi connectivity index (χ4v) is 3.29. The number of benzene rings is 2. The lowest BCUT2D eigenvalue weighted by atomic mass is 9.90. The number of ether oxygens (including phenoxy) is 1. The average Bonchev–Trinajstić information content (AvgIpc) is 2.86. The van der Waals surface area contributed by atoms with Crippen LogP contribution in [-0.4, -0.2) is 24.3 Å². The van der Waals surface area contributed by atoms with Crippen LogP contribution < -0.4 is 11.1 Å². The molecule has 2 aromatic carbocycles. The quantitative estimate of drug-likeness (QED) is 0.906. The standard InChI is InChI=1S/C20H24N2O2/c1-20(2,3)24-19(23)22-12-17(21)18-15-10-6-4-8-13(15)14-9-5-7-11-16(14)18/h4-11,17-18H,12,21H2,1-3H3,(H,22,23). The summed E-state index contributed by atoms with van der Waals surface area (Å²) >= 11 is 0. The first-order valence-electron chi connectivity index (χ1n) is 8.27. The molecule has 1 aliphatic rings. The molecular weight excluding hydrogens is 300 g/mol. The maximum atomic E-state index is 11.9. The van der Waals surface area contributed by atoms with Gasteiger partial charge in [-0.2, -0.15) is 0 Å². The van der Waals surface area contributed by atoms with Crippen LogP contribution in [0.4, 0.5) is 4.79 Å². The molecule has 0 aliphatic heterocycles. The molecular formula is C20H24N2O2. The summed E-state index contributed by atoms with van der Waals surface area (Å²) in [6.45, 7) is 5.89. The van der Waals surface area contributed by atoms with Crippen molar-refractivity contribution >= 4 is 6.09 Å². The molecule has 0 saturated heterocycles. The number of nitrogens with two attached hydrogens (primary N) is 1. The summed E-state index contributed by atoms with van der Waals surface area (Å²) in [5.41, 5.74) is 10.8. The Kier molecular flexibility index (Phi) is 4.33. The Labute approximate surface area is 143 Å². The van der Waals surface area contributed by atoms with Crippen LogP contribution in [-0.2, 0) is 4.74 Å². The molecule has 0 aromatic heterocycles. The van der Waals surface area contributed by atoms with E-state index in [1.807, 2.05) is 45.0 Å². The van der Waals surface area contributed by atoms with Gasteiger partial charge in [0.15, 0.2) is 0 Å². The van der Waals surface area contributed by atoms with Gasteiger partial charge in [0.1, 0.15) is 5.60 Å². The van der Waals surface area contributed by atoms with E-state index in [0.29, 0.717) is 6.54 Å². The predicted octanol–water partition coefficient (Wildman–Crippen LogP) is 3.65. The number of hydrogen-bond donors (Lipinski definition) is 2. The molecule has 0 bridgehead atoms. The van der Waals surface area contributed by atoms with Crippen molar-refractivity contribution in [3.63, 3.8) is 0 Å². The zero-order valence-corrected chi connectivity index (χ0v) is 14.4. The first-order chi connectivity index (χ1) is 11.4. The summed E-state index contributed by atoms with van der Waals surface area (Å²) in [7, 11) is 0. The number of nitrogens with one attached hydrogen (secondary N) is 1. The highest BCUT2D eigenvalue weighted by Crippen LogP contribution is 2.45. The normalized spacial score (nSPS) is 14.7. The molecule has 0 radical (unpaired) electrons. The maximum Gasteiger partial charge on any atom is 0.407 e. The molecule has 0 saturated carbocycles. The van der Waals surface area contributed by atoms with Gasteiger partial charge in [-0.15, -0.1) is 0 Å². The molecule has 1 aliphatic carbocycles. The second-order valence-electron chi connectivity index (χ2n) is 7.20. The third-order valence-electron chi connectivity index (χ3n) is 4.19. The summed E-state index contributed by atoms with van der Waals surface area (Å²) < 4.78 is 5.28. The molecule has 4 nitrogen and oxygen atoms in total. The van der Waals surface area contributed by atoms with Crippen molar-refractivity contribution < 1.29 is 9.53 Å². The molecule has 3 rings (SSSR count). The minimum atomic E-state index is -0.513. The molecule has 126 valence electrons. The highest BCUT2D eigenvalue weighted by atomic mass is 16.6. The topological polar surface area (TPSA) is 64.3 Å². The third-order valence-corrected chi connectivity index (χ3v) is 4.19. The predicted molar refractivity (Wildman–Crippen MR) is 95.9 cm³/mol. The number of carbonyl (C=O) groups excluding carboxylic acids is 1. The molecule has 2 aromatic rings. The van der Waals surface area contributed by atoms with Crippen molar-refractivity contribution in [1.29, 1.82) is 0 Å². The Balaban J connectivity index is 1.78. The zero-order chi connectivity index (χ0) is 17.3. The summed E-state index contributed by atoms with van der Waals surface area (Å²) in [4.78, 5) is 11.9. The van der Waals surface area contributed by atoms with E-state index < -0.39 is 11.7 Å². The van der Waals surface area contributed by atoms with Crippen molar-refractivity contribution in [2.75, 3.05) is 6.54 Å². The molecule has 0 fully saturated rings.